The molecule has 0 aliphatic heterocycles. The summed E-state index contributed by atoms with van der Waals surface area (Å²) in [5, 5.41) is 12.9. The van der Waals surface area contributed by atoms with Gasteiger partial charge in [0.25, 0.3) is 0 Å². The predicted octanol–water partition coefficient (Wildman–Crippen LogP) is 4.01. The Morgan fingerprint density at radius 2 is 2.00 bits per heavy atom. The number of anilines is 1. The van der Waals surface area contributed by atoms with Crippen molar-refractivity contribution >= 4 is 11.8 Å². The number of nitrogens with one attached hydrogen (secondary N) is 1. The molecule has 150 valence electrons. The van der Waals surface area contributed by atoms with Crippen LogP contribution in [-0.2, 0) is 0 Å². The average molecular weight is 395 g/mol. The first kappa shape index (κ1) is 19.1. The zero-order valence-electron chi connectivity index (χ0n) is 16.2. The second kappa shape index (κ2) is 8.00. The van der Waals surface area contributed by atoms with E-state index in [4.69, 9.17) is 4.42 Å². The molecular weight excluding hydrogens is 373 g/mol. The Labute approximate surface area is 167 Å². The summed E-state index contributed by atoms with van der Waals surface area (Å²) >= 11 is 0. The van der Waals surface area contributed by atoms with Gasteiger partial charge >= 0.3 is 5.84 Å². The van der Waals surface area contributed by atoms with Crippen molar-refractivity contribution in [3.05, 3.63) is 54.8 Å². The highest BCUT2D eigenvalue weighted by molar-refractivity contribution is 5.79. The summed E-state index contributed by atoms with van der Waals surface area (Å²) in [7, 11) is 0. The van der Waals surface area contributed by atoms with Gasteiger partial charge in [-0.1, -0.05) is 20.3 Å². The van der Waals surface area contributed by atoms with Gasteiger partial charge in [0.15, 0.2) is 0 Å². The van der Waals surface area contributed by atoms with Crippen LogP contribution in [0.15, 0.2) is 53.4 Å². The van der Waals surface area contributed by atoms with E-state index in [1.807, 2.05) is 0 Å². The van der Waals surface area contributed by atoms with Crippen molar-refractivity contribution in [2.75, 3.05) is 11.9 Å². The van der Waals surface area contributed by atoms with Crippen LogP contribution in [0.25, 0.3) is 28.5 Å². The maximum atomic E-state index is 13.4. The summed E-state index contributed by atoms with van der Waals surface area (Å²) in [6.45, 7) is 4.13. The van der Waals surface area contributed by atoms with Crippen molar-refractivity contribution in [3.63, 3.8) is 0 Å². The minimum atomic E-state index is -0.313. The zero-order valence-corrected chi connectivity index (χ0v) is 16.2. The van der Waals surface area contributed by atoms with Crippen molar-refractivity contribution in [2.45, 2.75) is 26.3 Å². The largest absolute Gasteiger partial charge is 0.432 e. The summed E-state index contributed by atoms with van der Waals surface area (Å²) in [6.07, 6.45) is 5.88. The molecule has 3 heterocycles. The van der Waals surface area contributed by atoms with E-state index in [1.54, 1.807) is 41.3 Å². The van der Waals surface area contributed by atoms with E-state index < -0.39 is 0 Å². The number of aliphatic hydroxyl groups is 1. The number of nitrogens with zero attached hydrogens (tertiary/aromatic N) is 4. The number of oxazole rings is 1. The third kappa shape index (κ3) is 3.71. The maximum absolute atomic E-state index is 13.4. The standard InChI is InChI=1S/C21H22FN5O2/c1-3-13(2)17(12-28)25-20-23-9-8-16(24-20)19-18(14-4-6-15(22)7-5-14)26-21-27(19)10-11-29-21/h4-11,13,17,28H,3,12H2,1-2H3,(H,23,24,25)/t13-,17+/m0/s1. The molecule has 0 unspecified atom stereocenters. The molecule has 0 spiro atoms. The van der Waals surface area contributed by atoms with Crippen LogP contribution < -0.4 is 5.32 Å². The molecule has 29 heavy (non-hydrogen) atoms. The summed E-state index contributed by atoms with van der Waals surface area (Å²) < 4.78 is 20.6. The molecule has 3 aromatic heterocycles. The normalized spacial score (nSPS) is 13.5. The van der Waals surface area contributed by atoms with Crippen molar-refractivity contribution in [2.24, 2.45) is 5.92 Å². The summed E-state index contributed by atoms with van der Waals surface area (Å²) in [5.74, 6) is 0.787. The first-order valence-electron chi connectivity index (χ1n) is 9.53. The zero-order chi connectivity index (χ0) is 20.4. The Morgan fingerprint density at radius 1 is 1.21 bits per heavy atom. The van der Waals surface area contributed by atoms with Gasteiger partial charge in [-0.05, 0) is 36.2 Å². The molecule has 4 rings (SSSR count). The van der Waals surface area contributed by atoms with Gasteiger partial charge in [0.2, 0.25) is 5.95 Å². The first-order chi connectivity index (χ1) is 14.1. The Morgan fingerprint density at radius 3 is 2.72 bits per heavy atom. The van der Waals surface area contributed by atoms with E-state index in [0.29, 0.717) is 23.2 Å². The molecule has 0 radical (unpaired) electrons. The minimum absolute atomic E-state index is 0.0118. The molecule has 8 heteroatoms. The number of rotatable bonds is 7. The number of fused-ring (bicyclic) bond motifs is 1. The van der Waals surface area contributed by atoms with Crippen molar-refractivity contribution in [3.8, 4) is 22.6 Å². The number of aromatic nitrogens is 4. The molecule has 0 aliphatic rings. The molecular formula is C21H22FN5O2. The van der Waals surface area contributed by atoms with Gasteiger partial charge < -0.3 is 14.8 Å². The van der Waals surface area contributed by atoms with Gasteiger partial charge in [0.1, 0.15) is 23.5 Å². The second-order valence-electron chi connectivity index (χ2n) is 6.96. The lowest BCUT2D eigenvalue weighted by molar-refractivity contribution is 0.240. The Kier molecular flexibility index (Phi) is 5.26. The lowest BCUT2D eigenvalue weighted by Gasteiger charge is -2.22. The van der Waals surface area contributed by atoms with Crippen LogP contribution >= 0.6 is 0 Å². The van der Waals surface area contributed by atoms with Gasteiger partial charge in [0.05, 0.1) is 18.3 Å². The fourth-order valence-electron chi connectivity index (χ4n) is 3.22. The number of halogens is 1. The van der Waals surface area contributed by atoms with Crippen molar-refractivity contribution in [1.29, 1.82) is 0 Å². The van der Waals surface area contributed by atoms with Crippen LogP contribution in [-0.4, -0.2) is 37.1 Å². The van der Waals surface area contributed by atoms with Gasteiger partial charge in [0, 0.05) is 18.0 Å². The third-order valence-electron chi connectivity index (χ3n) is 5.12. The van der Waals surface area contributed by atoms with Gasteiger partial charge in [-0.3, -0.25) is 4.40 Å². The van der Waals surface area contributed by atoms with Crippen molar-refractivity contribution < 1.29 is 13.9 Å². The molecule has 0 saturated carbocycles. The molecule has 0 saturated heterocycles. The van der Waals surface area contributed by atoms with Crippen LogP contribution in [0, 0.1) is 11.7 Å². The van der Waals surface area contributed by atoms with Gasteiger partial charge in [-0.2, -0.15) is 4.98 Å². The highest BCUT2D eigenvalue weighted by Gasteiger charge is 2.21. The Bertz CT molecular complexity index is 1110. The number of hydrogen-bond acceptors (Lipinski definition) is 6. The lowest BCUT2D eigenvalue weighted by Crippen LogP contribution is -2.31. The highest BCUT2D eigenvalue weighted by Crippen LogP contribution is 2.32. The van der Waals surface area contributed by atoms with Crippen molar-refractivity contribution in [1.82, 2.24) is 19.4 Å². The SMILES string of the molecule is CC[C@H](C)[C@@H](CO)Nc1nccc(-c2c(-c3ccc(F)cc3)nc3occn23)n1. The molecule has 4 aromatic rings. The molecule has 0 bridgehead atoms. The van der Waals surface area contributed by atoms with Crippen LogP contribution in [0.2, 0.25) is 0 Å². The summed E-state index contributed by atoms with van der Waals surface area (Å²) in [5.41, 5.74) is 2.74. The lowest BCUT2D eigenvalue weighted by atomic mass is 10.0. The van der Waals surface area contributed by atoms with Crippen LogP contribution in [0.3, 0.4) is 0 Å². The maximum Gasteiger partial charge on any atom is 0.306 e. The monoisotopic (exact) mass is 395 g/mol. The molecule has 0 aliphatic carbocycles. The Hall–Kier alpha value is -3.26. The van der Waals surface area contributed by atoms with Gasteiger partial charge in [-0.25, -0.2) is 14.4 Å². The number of imidazole rings is 1. The van der Waals surface area contributed by atoms with Crippen LogP contribution in [0.1, 0.15) is 20.3 Å². The minimum Gasteiger partial charge on any atom is -0.432 e. The van der Waals surface area contributed by atoms with Gasteiger partial charge in [-0.15, -0.1) is 0 Å². The topological polar surface area (TPSA) is 88.5 Å². The molecule has 7 nitrogen and oxygen atoms in total. The first-order valence-corrected chi connectivity index (χ1v) is 9.53. The smallest absolute Gasteiger partial charge is 0.306 e. The quantitative estimate of drug-likeness (QED) is 0.492. The fourth-order valence-corrected chi connectivity index (χ4v) is 3.22. The van der Waals surface area contributed by atoms with E-state index in [-0.39, 0.29) is 24.4 Å². The predicted molar refractivity (Wildman–Crippen MR) is 108 cm³/mol. The van der Waals surface area contributed by atoms with E-state index in [2.05, 4.69) is 34.1 Å². The molecule has 1 aromatic carbocycles. The fraction of sp³-hybridized carbons (Fsp3) is 0.286. The average Bonchev–Trinajstić information content (AvgIpc) is 3.33. The van der Waals surface area contributed by atoms with Crippen LogP contribution in [0.5, 0.6) is 0 Å². The molecule has 0 fully saturated rings. The number of benzene rings is 1. The summed E-state index contributed by atoms with van der Waals surface area (Å²) in [6, 6.07) is 7.77. The molecule has 2 atom stereocenters. The highest BCUT2D eigenvalue weighted by atomic mass is 19.1. The van der Waals surface area contributed by atoms with E-state index in [0.717, 1.165) is 17.7 Å². The summed E-state index contributed by atoms with van der Waals surface area (Å²) in [4.78, 5) is 13.5. The Balaban J connectivity index is 1.78. The van der Waals surface area contributed by atoms with E-state index >= 15 is 0 Å². The van der Waals surface area contributed by atoms with E-state index in [1.165, 1.54) is 12.1 Å². The van der Waals surface area contributed by atoms with E-state index in [9.17, 15) is 9.50 Å². The van der Waals surface area contributed by atoms with Crippen LogP contribution in [0.4, 0.5) is 10.3 Å². The second-order valence-corrected chi connectivity index (χ2v) is 6.96. The third-order valence-corrected chi connectivity index (χ3v) is 5.12. The molecule has 0 amide bonds. The molecule has 2 N–H and O–H groups in total. The number of hydrogen-bond donors (Lipinski definition) is 2. The number of aliphatic hydroxyl groups excluding tert-OH is 1.